The van der Waals surface area contributed by atoms with Gasteiger partial charge in [-0.25, -0.2) is 0 Å². The predicted octanol–water partition coefficient (Wildman–Crippen LogP) is 2.44. The zero-order valence-electron chi connectivity index (χ0n) is 10.3. The van der Waals surface area contributed by atoms with Crippen molar-refractivity contribution in [2.24, 2.45) is 0 Å². The van der Waals surface area contributed by atoms with Gasteiger partial charge in [-0.15, -0.1) is 0 Å². The summed E-state index contributed by atoms with van der Waals surface area (Å²) in [4.78, 5) is 0. The van der Waals surface area contributed by atoms with Crippen molar-refractivity contribution >= 4 is 25.5 Å². The standard InChI is InChI=1S/C16H16OSe/c1-13(17)16(12-14-8-4-2-5-9-14)18-15-10-6-3-7-11-15/h2-13,17H,1H3/b16-12+. The number of aliphatic hydroxyl groups excluding tert-OH is 1. The van der Waals surface area contributed by atoms with Gasteiger partial charge in [0.1, 0.15) is 0 Å². The first-order valence-electron chi connectivity index (χ1n) is 5.93. The predicted molar refractivity (Wildman–Crippen MR) is 77.9 cm³/mol. The second-order valence-corrected chi connectivity index (χ2v) is 6.45. The molecule has 0 aliphatic rings. The molecule has 1 atom stereocenters. The van der Waals surface area contributed by atoms with Crippen molar-refractivity contribution in [2.45, 2.75) is 13.0 Å². The zero-order chi connectivity index (χ0) is 12.8. The second-order valence-electron chi connectivity index (χ2n) is 4.05. The summed E-state index contributed by atoms with van der Waals surface area (Å²) in [6.07, 6.45) is 1.70. The molecule has 2 rings (SSSR count). The first-order chi connectivity index (χ1) is 8.75. The average molecular weight is 303 g/mol. The minimum atomic E-state index is -0.398. The van der Waals surface area contributed by atoms with E-state index in [1.165, 1.54) is 4.46 Å². The molecule has 92 valence electrons. The van der Waals surface area contributed by atoms with E-state index in [2.05, 4.69) is 30.3 Å². The molecule has 0 fully saturated rings. The van der Waals surface area contributed by atoms with E-state index >= 15 is 0 Å². The molecule has 0 radical (unpaired) electrons. The molecule has 0 saturated heterocycles. The molecule has 0 heterocycles. The number of benzene rings is 2. The van der Waals surface area contributed by atoms with Crippen LogP contribution in [-0.4, -0.2) is 26.2 Å². The molecule has 2 heteroatoms. The molecule has 18 heavy (non-hydrogen) atoms. The van der Waals surface area contributed by atoms with Crippen LogP contribution in [0.15, 0.2) is 65.1 Å². The summed E-state index contributed by atoms with van der Waals surface area (Å²) in [5.41, 5.74) is 1.14. The monoisotopic (exact) mass is 304 g/mol. The molecular weight excluding hydrogens is 287 g/mol. The van der Waals surface area contributed by atoms with Crippen LogP contribution in [0.3, 0.4) is 0 Å². The number of rotatable bonds is 4. The summed E-state index contributed by atoms with van der Waals surface area (Å²) in [7, 11) is 0. The average Bonchev–Trinajstić information content (AvgIpc) is 2.40. The number of aliphatic hydroxyl groups is 1. The van der Waals surface area contributed by atoms with E-state index in [-0.39, 0.29) is 15.0 Å². The Morgan fingerprint density at radius 1 is 1.00 bits per heavy atom. The maximum absolute atomic E-state index is 9.88. The topological polar surface area (TPSA) is 20.2 Å². The van der Waals surface area contributed by atoms with Crippen molar-refractivity contribution < 1.29 is 5.11 Å². The van der Waals surface area contributed by atoms with Gasteiger partial charge in [-0.3, -0.25) is 0 Å². The van der Waals surface area contributed by atoms with Crippen LogP contribution in [0.1, 0.15) is 12.5 Å². The van der Waals surface area contributed by atoms with Crippen LogP contribution in [-0.2, 0) is 0 Å². The fourth-order valence-corrected chi connectivity index (χ4v) is 3.53. The fourth-order valence-electron chi connectivity index (χ4n) is 1.57. The van der Waals surface area contributed by atoms with Gasteiger partial charge in [0.25, 0.3) is 0 Å². The van der Waals surface area contributed by atoms with Gasteiger partial charge >= 0.3 is 114 Å². The van der Waals surface area contributed by atoms with Crippen molar-refractivity contribution in [1.29, 1.82) is 0 Å². The van der Waals surface area contributed by atoms with Crippen molar-refractivity contribution in [3.63, 3.8) is 0 Å². The van der Waals surface area contributed by atoms with E-state index in [1.54, 1.807) is 0 Å². The van der Waals surface area contributed by atoms with Crippen molar-refractivity contribution in [3.8, 4) is 0 Å². The van der Waals surface area contributed by atoms with Gasteiger partial charge < -0.3 is 0 Å². The molecule has 0 aromatic heterocycles. The van der Waals surface area contributed by atoms with E-state index in [1.807, 2.05) is 43.3 Å². The Hall–Kier alpha value is -1.34. The Labute approximate surface area is 114 Å². The summed E-state index contributed by atoms with van der Waals surface area (Å²) in [6.45, 7) is 1.83. The van der Waals surface area contributed by atoms with Crippen LogP contribution in [0.4, 0.5) is 0 Å². The molecule has 1 N–H and O–H groups in total. The minimum absolute atomic E-state index is 0.172. The summed E-state index contributed by atoms with van der Waals surface area (Å²) >= 11 is 0.172. The zero-order valence-corrected chi connectivity index (χ0v) is 12.0. The number of hydrogen-bond donors (Lipinski definition) is 1. The Morgan fingerprint density at radius 3 is 2.11 bits per heavy atom. The molecule has 1 unspecified atom stereocenters. The van der Waals surface area contributed by atoms with Crippen LogP contribution in [0, 0.1) is 0 Å². The van der Waals surface area contributed by atoms with E-state index < -0.39 is 6.10 Å². The van der Waals surface area contributed by atoms with Crippen LogP contribution in [0.25, 0.3) is 6.08 Å². The summed E-state index contributed by atoms with van der Waals surface area (Å²) in [5, 5.41) is 9.88. The van der Waals surface area contributed by atoms with Crippen molar-refractivity contribution in [3.05, 3.63) is 70.7 Å². The Balaban J connectivity index is 2.22. The quantitative estimate of drug-likeness (QED) is 0.860. The fraction of sp³-hybridized carbons (Fsp3) is 0.125. The third kappa shape index (κ3) is 3.85. The van der Waals surface area contributed by atoms with Crippen LogP contribution >= 0.6 is 0 Å². The van der Waals surface area contributed by atoms with Gasteiger partial charge in [0, 0.05) is 0 Å². The Kier molecular flexibility index (Phi) is 4.77. The molecule has 0 bridgehead atoms. The summed E-state index contributed by atoms with van der Waals surface area (Å²) < 4.78 is 2.38. The summed E-state index contributed by atoms with van der Waals surface area (Å²) in [5.74, 6) is 0. The van der Waals surface area contributed by atoms with Gasteiger partial charge in [0.2, 0.25) is 0 Å². The molecule has 0 spiro atoms. The van der Waals surface area contributed by atoms with Gasteiger partial charge in [-0.1, -0.05) is 0 Å². The van der Waals surface area contributed by atoms with Crippen molar-refractivity contribution in [2.75, 3.05) is 0 Å². The third-order valence-electron chi connectivity index (χ3n) is 2.50. The summed E-state index contributed by atoms with van der Waals surface area (Å²) in [6, 6.07) is 20.5. The van der Waals surface area contributed by atoms with E-state index in [9.17, 15) is 5.11 Å². The SMILES string of the molecule is CC(O)/C(=C\c1ccccc1)[Se]c1ccccc1. The molecule has 2 aromatic carbocycles. The third-order valence-corrected chi connectivity index (χ3v) is 5.02. The molecule has 1 nitrogen and oxygen atoms in total. The van der Waals surface area contributed by atoms with Crippen LogP contribution in [0.2, 0.25) is 0 Å². The first kappa shape index (κ1) is 13.1. The van der Waals surface area contributed by atoms with Gasteiger partial charge in [0.15, 0.2) is 0 Å². The molecule has 0 saturated carbocycles. The normalized spacial score (nSPS) is 13.3. The van der Waals surface area contributed by atoms with Crippen LogP contribution < -0.4 is 4.46 Å². The molecule has 0 aliphatic carbocycles. The van der Waals surface area contributed by atoms with Crippen LogP contribution in [0.5, 0.6) is 0 Å². The molecular formula is C16H16OSe. The van der Waals surface area contributed by atoms with E-state index in [0.717, 1.165) is 10.0 Å². The Morgan fingerprint density at radius 2 is 1.56 bits per heavy atom. The van der Waals surface area contributed by atoms with Gasteiger partial charge in [-0.2, -0.15) is 0 Å². The second kappa shape index (κ2) is 6.55. The molecule has 0 aliphatic heterocycles. The van der Waals surface area contributed by atoms with Gasteiger partial charge in [-0.05, 0) is 0 Å². The van der Waals surface area contributed by atoms with E-state index in [4.69, 9.17) is 0 Å². The van der Waals surface area contributed by atoms with Crippen molar-refractivity contribution in [1.82, 2.24) is 0 Å². The number of hydrogen-bond acceptors (Lipinski definition) is 1. The molecule has 2 aromatic rings. The maximum atomic E-state index is 9.88. The first-order valence-corrected chi connectivity index (χ1v) is 7.64. The van der Waals surface area contributed by atoms with E-state index in [0.29, 0.717) is 0 Å². The Bertz CT molecular complexity index is 503. The molecule has 0 amide bonds. The van der Waals surface area contributed by atoms with Gasteiger partial charge in [0.05, 0.1) is 0 Å².